The first-order chi connectivity index (χ1) is 8.24. The van der Waals surface area contributed by atoms with Crippen molar-refractivity contribution < 1.29 is 9.90 Å². The lowest BCUT2D eigenvalue weighted by molar-refractivity contribution is -0.143. The second-order valence-corrected chi connectivity index (χ2v) is 5.61. The van der Waals surface area contributed by atoms with Crippen molar-refractivity contribution in [2.24, 2.45) is 11.7 Å². The van der Waals surface area contributed by atoms with Crippen molar-refractivity contribution in [2.45, 2.75) is 46.1 Å². The Balaban J connectivity index is 2.77. The van der Waals surface area contributed by atoms with E-state index in [1.54, 1.807) is 6.92 Å². The van der Waals surface area contributed by atoms with Gasteiger partial charge in [-0.2, -0.15) is 0 Å². The fraction of sp³-hybridized carbons (Fsp3) is 0.533. The Morgan fingerprint density at radius 1 is 1.39 bits per heavy atom. The van der Waals surface area contributed by atoms with Crippen LogP contribution in [-0.2, 0) is 11.2 Å². The number of hydrogen-bond acceptors (Lipinski definition) is 2. The van der Waals surface area contributed by atoms with Crippen LogP contribution >= 0.6 is 0 Å². The van der Waals surface area contributed by atoms with Crippen molar-refractivity contribution >= 4 is 5.97 Å². The minimum atomic E-state index is -1.14. The van der Waals surface area contributed by atoms with Gasteiger partial charge in [0.25, 0.3) is 0 Å². The quantitative estimate of drug-likeness (QED) is 0.843. The van der Waals surface area contributed by atoms with Crippen LogP contribution in [0.3, 0.4) is 0 Å². The van der Waals surface area contributed by atoms with Crippen LogP contribution in [0.15, 0.2) is 18.2 Å². The van der Waals surface area contributed by atoms with Crippen LogP contribution in [0.25, 0.3) is 0 Å². The summed E-state index contributed by atoms with van der Waals surface area (Å²) in [6.45, 7) is 7.82. The van der Waals surface area contributed by atoms with Crippen molar-refractivity contribution in [3.63, 3.8) is 0 Å². The minimum Gasteiger partial charge on any atom is -0.480 e. The molecule has 18 heavy (non-hydrogen) atoms. The molecule has 2 atom stereocenters. The van der Waals surface area contributed by atoms with Crippen LogP contribution in [-0.4, -0.2) is 16.6 Å². The highest BCUT2D eigenvalue weighted by Crippen LogP contribution is 2.22. The van der Waals surface area contributed by atoms with Gasteiger partial charge in [0.15, 0.2) is 0 Å². The molecule has 0 heterocycles. The van der Waals surface area contributed by atoms with Gasteiger partial charge >= 0.3 is 5.97 Å². The number of carboxylic acid groups (broad SMARTS) is 1. The SMILES string of the molecule is Cc1cccc(C)c1CC(C)CC(C)(N)C(=O)O. The zero-order valence-electron chi connectivity index (χ0n) is 11.7. The summed E-state index contributed by atoms with van der Waals surface area (Å²) in [5.74, 6) is -0.688. The summed E-state index contributed by atoms with van der Waals surface area (Å²) in [5.41, 5.74) is 8.48. The molecule has 0 amide bonds. The Morgan fingerprint density at radius 2 is 1.89 bits per heavy atom. The van der Waals surface area contributed by atoms with Gasteiger partial charge in [0.05, 0.1) is 0 Å². The van der Waals surface area contributed by atoms with Crippen molar-refractivity contribution in [2.75, 3.05) is 0 Å². The first-order valence-electron chi connectivity index (χ1n) is 6.31. The van der Waals surface area contributed by atoms with Gasteiger partial charge in [-0.15, -0.1) is 0 Å². The van der Waals surface area contributed by atoms with Crippen LogP contribution in [0.1, 0.15) is 37.0 Å². The lowest BCUT2D eigenvalue weighted by Gasteiger charge is -2.24. The average Bonchev–Trinajstić information content (AvgIpc) is 2.22. The van der Waals surface area contributed by atoms with E-state index < -0.39 is 11.5 Å². The van der Waals surface area contributed by atoms with E-state index in [4.69, 9.17) is 10.8 Å². The van der Waals surface area contributed by atoms with Crippen LogP contribution in [0, 0.1) is 19.8 Å². The van der Waals surface area contributed by atoms with Crippen LogP contribution in [0.5, 0.6) is 0 Å². The van der Waals surface area contributed by atoms with E-state index in [9.17, 15) is 4.79 Å². The molecule has 0 spiro atoms. The third-order valence-electron chi connectivity index (χ3n) is 3.46. The molecule has 0 aromatic heterocycles. The molecule has 3 nitrogen and oxygen atoms in total. The summed E-state index contributed by atoms with van der Waals surface area (Å²) >= 11 is 0. The lowest BCUT2D eigenvalue weighted by atomic mass is 9.85. The van der Waals surface area contributed by atoms with E-state index in [1.165, 1.54) is 16.7 Å². The predicted molar refractivity (Wildman–Crippen MR) is 73.6 cm³/mol. The maximum Gasteiger partial charge on any atom is 0.323 e. The van der Waals surface area contributed by atoms with Gasteiger partial charge in [-0.05, 0) is 56.2 Å². The second kappa shape index (κ2) is 5.53. The standard InChI is InChI=1S/C15H23NO2/c1-10(9-15(4,16)14(17)18)8-13-11(2)6-5-7-12(13)3/h5-7,10H,8-9,16H2,1-4H3,(H,17,18). The zero-order valence-corrected chi connectivity index (χ0v) is 11.7. The number of aliphatic carboxylic acids is 1. The maximum absolute atomic E-state index is 11.0. The van der Waals surface area contributed by atoms with E-state index >= 15 is 0 Å². The van der Waals surface area contributed by atoms with Gasteiger partial charge in [-0.25, -0.2) is 0 Å². The van der Waals surface area contributed by atoms with E-state index in [0.29, 0.717) is 6.42 Å². The normalized spacial score (nSPS) is 16.1. The molecule has 1 aromatic carbocycles. The third kappa shape index (κ3) is 3.57. The maximum atomic E-state index is 11.0. The fourth-order valence-electron chi connectivity index (χ4n) is 2.40. The fourth-order valence-corrected chi connectivity index (χ4v) is 2.40. The van der Waals surface area contributed by atoms with Crippen LogP contribution < -0.4 is 5.73 Å². The summed E-state index contributed by atoms with van der Waals surface area (Å²) in [7, 11) is 0. The molecule has 0 saturated heterocycles. The molecule has 0 fully saturated rings. The highest BCUT2D eigenvalue weighted by atomic mass is 16.4. The summed E-state index contributed by atoms with van der Waals surface area (Å²) in [6.07, 6.45) is 1.36. The average molecular weight is 249 g/mol. The Kier molecular flexibility index (Phi) is 4.52. The summed E-state index contributed by atoms with van der Waals surface area (Å²) in [6, 6.07) is 6.23. The first kappa shape index (κ1) is 14.7. The summed E-state index contributed by atoms with van der Waals surface area (Å²) < 4.78 is 0. The first-order valence-corrected chi connectivity index (χ1v) is 6.31. The lowest BCUT2D eigenvalue weighted by Crippen LogP contribution is -2.46. The Bertz CT molecular complexity index is 418. The molecule has 1 rings (SSSR count). The number of nitrogens with two attached hydrogens (primary N) is 1. The van der Waals surface area contributed by atoms with Crippen molar-refractivity contribution in [3.8, 4) is 0 Å². The van der Waals surface area contributed by atoms with Gasteiger partial charge in [-0.3, -0.25) is 4.79 Å². The monoisotopic (exact) mass is 249 g/mol. The number of aryl methyl sites for hydroxylation is 2. The largest absolute Gasteiger partial charge is 0.480 e. The van der Waals surface area contributed by atoms with Crippen LogP contribution in [0.4, 0.5) is 0 Å². The Hall–Kier alpha value is -1.35. The molecule has 3 N–H and O–H groups in total. The minimum absolute atomic E-state index is 0.246. The van der Waals surface area contributed by atoms with E-state index in [0.717, 1.165) is 6.42 Å². The number of carboxylic acids is 1. The van der Waals surface area contributed by atoms with E-state index in [1.807, 2.05) is 6.07 Å². The molecule has 0 aliphatic carbocycles. The Morgan fingerprint density at radius 3 is 2.33 bits per heavy atom. The second-order valence-electron chi connectivity index (χ2n) is 5.61. The number of carbonyl (C=O) groups is 1. The predicted octanol–water partition coefficient (Wildman–Crippen LogP) is 2.67. The van der Waals surface area contributed by atoms with Crippen molar-refractivity contribution in [1.82, 2.24) is 0 Å². The molecular weight excluding hydrogens is 226 g/mol. The topological polar surface area (TPSA) is 63.3 Å². The zero-order chi connectivity index (χ0) is 13.9. The molecule has 0 bridgehead atoms. The smallest absolute Gasteiger partial charge is 0.323 e. The number of hydrogen-bond donors (Lipinski definition) is 2. The van der Waals surface area contributed by atoms with Gasteiger partial charge < -0.3 is 10.8 Å². The Labute approximate surface area is 109 Å². The van der Waals surface area contributed by atoms with Crippen molar-refractivity contribution in [1.29, 1.82) is 0 Å². The third-order valence-corrected chi connectivity index (χ3v) is 3.46. The molecule has 100 valence electrons. The summed E-state index contributed by atoms with van der Waals surface area (Å²) in [5, 5.41) is 9.04. The molecule has 3 heteroatoms. The molecule has 0 radical (unpaired) electrons. The molecule has 1 aromatic rings. The van der Waals surface area contributed by atoms with Gasteiger partial charge in [0, 0.05) is 0 Å². The molecular formula is C15H23NO2. The van der Waals surface area contributed by atoms with Crippen LogP contribution in [0.2, 0.25) is 0 Å². The highest BCUT2D eigenvalue weighted by Gasteiger charge is 2.30. The molecule has 0 aliphatic heterocycles. The molecule has 2 unspecified atom stereocenters. The molecule has 0 aliphatic rings. The molecule has 0 saturated carbocycles. The highest BCUT2D eigenvalue weighted by molar-refractivity contribution is 5.77. The van der Waals surface area contributed by atoms with Gasteiger partial charge in [0.1, 0.15) is 5.54 Å². The number of benzene rings is 1. The number of rotatable bonds is 5. The van der Waals surface area contributed by atoms with E-state index in [-0.39, 0.29) is 5.92 Å². The van der Waals surface area contributed by atoms with Gasteiger partial charge in [-0.1, -0.05) is 25.1 Å². The van der Waals surface area contributed by atoms with Gasteiger partial charge in [0.2, 0.25) is 0 Å². The summed E-state index contributed by atoms with van der Waals surface area (Å²) in [4.78, 5) is 11.0. The van der Waals surface area contributed by atoms with Crippen molar-refractivity contribution in [3.05, 3.63) is 34.9 Å². The van der Waals surface area contributed by atoms with E-state index in [2.05, 4.69) is 32.9 Å².